The first-order chi connectivity index (χ1) is 17.0. The fourth-order valence-electron chi connectivity index (χ4n) is 4.54. The number of anilines is 1. The van der Waals surface area contributed by atoms with E-state index < -0.39 is 0 Å². The molecule has 190 valence electrons. The van der Waals surface area contributed by atoms with Gasteiger partial charge in [-0.3, -0.25) is 9.69 Å². The van der Waals surface area contributed by atoms with Crippen molar-refractivity contribution in [2.45, 2.75) is 79.1 Å². The van der Waals surface area contributed by atoms with Crippen molar-refractivity contribution in [3.8, 4) is 0 Å². The lowest BCUT2D eigenvalue weighted by molar-refractivity contribution is 0.100. The minimum atomic E-state index is -0.102. The summed E-state index contributed by atoms with van der Waals surface area (Å²) >= 11 is 3.60. The molecule has 0 saturated carbocycles. The number of hydrogen-bond acceptors (Lipinski definition) is 2. The Morgan fingerprint density at radius 3 is 1.58 bits per heavy atom. The van der Waals surface area contributed by atoms with Gasteiger partial charge in [-0.15, -0.1) is 0 Å². The van der Waals surface area contributed by atoms with Crippen LogP contribution < -0.4 is 4.90 Å². The minimum Gasteiger partial charge on any atom is -0.268 e. The highest BCUT2D eigenvalue weighted by Crippen LogP contribution is 2.38. The van der Waals surface area contributed by atoms with Gasteiger partial charge >= 0.3 is 0 Å². The molecular formula is C32H39BrN2O. The van der Waals surface area contributed by atoms with Crippen LogP contribution in [0.2, 0.25) is 0 Å². The van der Waals surface area contributed by atoms with Crippen LogP contribution in [0.4, 0.5) is 11.4 Å². The van der Waals surface area contributed by atoms with Gasteiger partial charge in [0.25, 0.3) is 5.91 Å². The van der Waals surface area contributed by atoms with Crippen LogP contribution in [0.25, 0.3) is 0 Å². The quantitative estimate of drug-likeness (QED) is 0.204. The SMILES string of the molecule is CC(C)c1cccc(C(C)C)c1N=CN(C(=O)c1ccccc1Br)c1c(C(C)C)cccc1C(C)C. The Balaban J connectivity index is 2.31. The molecule has 0 unspecified atom stereocenters. The van der Waals surface area contributed by atoms with Crippen molar-refractivity contribution in [3.05, 3.63) is 93.0 Å². The van der Waals surface area contributed by atoms with E-state index in [0.717, 1.165) is 27.0 Å². The number of rotatable bonds is 8. The maximum absolute atomic E-state index is 14.2. The maximum Gasteiger partial charge on any atom is 0.264 e. The third-order valence-corrected chi connectivity index (χ3v) is 7.24. The summed E-state index contributed by atoms with van der Waals surface area (Å²) in [6, 6.07) is 20.3. The smallest absolute Gasteiger partial charge is 0.264 e. The monoisotopic (exact) mass is 546 g/mol. The van der Waals surface area contributed by atoms with Crippen LogP contribution in [0.5, 0.6) is 0 Å². The highest BCUT2D eigenvalue weighted by Gasteiger charge is 2.26. The van der Waals surface area contributed by atoms with Gasteiger partial charge in [-0.2, -0.15) is 0 Å². The van der Waals surface area contributed by atoms with Gasteiger partial charge in [0.05, 0.1) is 16.9 Å². The van der Waals surface area contributed by atoms with E-state index >= 15 is 0 Å². The van der Waals surface area contributed by atoms with Gasteiger partial charge in [0.2, 0.25) is 0 Å². The molecule has 0 aliphatic heterocycles. The lowest BCUT2D eigenvalue weighted by Crippen LogP contribution is -2.32. The summed E-state index contributed by atoms with van der Waals surface area (Å²) in [6.45, 7) is 17.4. The van der Waals surface area contributed by atoms with Crippen molar-refractivity contribution < 1.29 is 4.79 Å². The largest absolute Gasteiger partial charge is 0.268 e. The predicted octanol–water partition coefficient (Wildman–Crippen LogP) is 9.95. The van der Waals surface area contributed by atoms with Crippen molar-refractivity contribution in [1.29, 1.82) is 0 Å². The van der Waals surface area contributed by atoms with Crippen molar-refractivity contribution in [2.75, 3.05) is 4.90 Å². The molecule has 0 saturated heterocycles. The third kappa shape index (κ3) is 5.98. The fraction of sp³-hybridized carbons (Fsp3) is 0.375. The van der Waals surface area contributed by atoms with E-state index in [0.29, 0.717) is 17.4 Å². The standard InChI is InChI=1S/C32H39BrN2O/c1-20(2)24-14-11-15-25(21(3)4)30(24)34-19-35(32(36)28-13-9-10-18-29(28)33)31-26(22(5)6)16-12-17-27(31)23(7)8/h9-23H,1-8H3. The summed E-state index contributed by atoms with van der Waals surface area (Å²) in [5, 5.41) is 0. The first-order valence-corrected chi connectivity index (χ1v) is 13.7. The molecule has 0 aromatic heterocycles. The van der Waals surface area contributed by atoms with E-state index in [1.807, 2.05) is 24.3 Å². The summed E-state index contributed by atoms with van der Waals surface area (Å²) in [5.74, 6) is 1.02. The molecule has 0 heterocycles. The van der Waals surface area contributed by atoms with Gasteiger partial charge in [-0.05, 0) is 74.0 Å². The van der Waals surface area contributed by atoms with E-state index in [9.17, 15) is 4.79 Å². The molecule has 0 N–H and O–H groups in total. The number of para-hydroxylation sites is 2. The number of amides is 1. The van der Waals surface area contributed by atoms with Gasteiger partial charge in [0, 0.05) is 4.47 Å². The summed E-state index contributed by atoms with van der Waals surface area (Å²) in [7, 11) is 0. The van der Waals surface area contributed by atoms with Crippen molar-refractivity contribution in [2.24, 2.45) is 4.99 Å². The zero-order valence-corrected chi connectivity index (χ0v) is 24.4. The molecule has 36 heavy (non-hydrogen) atoms. The second-order valence-electron chi connectivity index (χ2n) is 10.6. The highest BCUT2D eigenvalue weighted by atomic mass is 79.9. The number of hydrogen-bond donors (Lipinski definition) is 0. The van der Waals surface area contributed by atoms with E-state index in [4.69, 9.17) is 4.99 Å². The molecule has 0 aliphatic carbocycles. The summed E-state index contributed by atoms with van der Waals surface area (Å²) < 4.78 is 0.770. The van der Waals surface area contributed by atoms with E-state index in [-0.39, 0.29) is 17.7 Å². The molecule has 3 rings (SSSR count). The van der Waals surface area contributed by atoms with Crippen LogP contribution in [0.1, 0.15) is 112 Å². The van der Waals surface area contributed by atoms with Crippen LogP contribution >= 0.6 is 15.9 Å². The highest BCUT2D eigenvalue weighted by molar-refractivity contribution is 9.10. The van der Waals surface area contributed by atoms with Gasteiger partial charge in [-0.1, -0.05) is 104 Å². The molecule has 4 heteroatoms. The average molecular weight is 548 g/mol. The third-order valence-electron chi connectivity index (χ3n) is 6.55. The van der Waals surface area contributed by atoms with Crippen LogP contribution in [0, 0.1) is 0 Å². The lowest BCUT2D eigenvalue weighted by atomic mass is 9.91. The van der Waals surface area contributed by atoms with Gasteiger partial charge in [0.1, 0.15) is 6.34 Å². The van der Waals surface area contributed by atoms with Crippen LogP contribution in [-0.4, -0.2) is 12.2 Å². The number of carbonyl (C=O) groups excluding carboxylic acids is 1. The molecule has 3 aromatic carbocycles. The molecule has 3 aromatic rings. The Morgan fingerprint density at radius 2 is 1.14 bits per heavy atom. The molecule has 0 radical (unpaired) electrons. The second-order valence-corrected chi connectivity index (χ2v) is 11.4. The lowest BCUT2D eigenvalue weighted by Gasteiger charge is -2.28. The molecule has 0 atom stereocenters. The topological polar surface area (TPSA) is 32.7 Å². The molecule has 0 fully saturated rings. The van der Waals surface area contributed by atoms with Crippen LogP contribution in [0.3, 0.4) is 0 Å². The fourth-order valence-corrected chi connectivity index (χ4v) is 5.00. The van der Waals surface area contributed by atoms with Gasteiger partial charge < -0.3 is 0 Å². The normalized spacial score (nSPS) is 11.9. The first kappa shape index (κ1) is 27.9. The Hall–Kier alpha value is -2.72. The van der Waals surface area contributed by atoms with Crippen LogP contribution in [0.15, 0.2) is 70.1 Å². The Bertz CT molecular complexity index is 1190. The zero-order chi connectivity index (χ0) is 26.6. The summed E-state index contributed by atoms with van der Waals surface area (Å²) in [4.78, 5) is 21.0. The van der Waals surface area contributed by atoms with Crippen molar-refractivity contribution >= 4 is 39.6 Å². The Morgan fingerprint density at radius 1 is 0.694 bits per heavy atom. The number of benzene rings is 3. The van der Waals surface area contributed by atoms with Crippen molar-refractivity contribution in [1.82, 2.24) is 0 Å². The average Bonchev–Trinajstić information content (AvgIpc) is 2.83. The molecule has 0 spiro atoms. The number of aliphatic imine (C=N–C) groups is 1. The van der Waals surface area contributed by atoms with Gasteiger partial charge in [-0.25, -0.2) is 4.99 Å². The number of carbonyl (C=O) groups is 1. The van der Waals surface area contributed by atoms with E-state index in [1.54, 1.807) is 11.2 Å². The summed E-state index contributed by atoms with van der Waals surface area (Å²) in [6.07, 6.45) is 1.75. The molecular weight excluding hydrogens is 508 g/mol. The molecule has 0 bridgehead atoms. The van der Waals surface area contributed by atoms with E-state index in [1.165, 1.54) is 11.1 Å². The summed E-state index contributed by atoms with van der Waals surface area (Å²) in [5.41, 5.74) is 7.14. The number of nitrogens with zero attached hydrogens (tertiary/aromatic N) is 2. The van der Waals surface area contributed by atoms with Gasteiger partial charge in [0.15, 0.2) is 0 Å². The second kappa shape index (κ2) is 12.0. The maximum atomic E-state index is 14.2. The van der Waals surface area contributed by atoms with E-state index in [2.05, 4.69) is 108 Å². The van der Waals surface area contributed by atoms with Crippen LogP contribution in [-0.2, 0) is 0 Å². The molecule has 0 aliphatic rings. The minimum absolute atomic E-state index is 0.102. The van der Waals surface area contributed by atoms with Crippen molar-refractivity contribution in [3.63, 3.8) is 0 Å². The molecule has 3 nitrogen and oxygen atoms in total. The Kier molecular flexibility index (Phi) is 9.30. The zero-order valence-electron chi connectivity index (χ0n) is 22.8. The first-order valence-electron chi connectivity index (χ1n) is 12.9. The molecule has 1 amide bonds. The predicted molar refractivity (Wildman–Crippen MR) is 158 cm³/mol. The Labute approximate surface area is 225 Å². The number of halogens is 1.